The highest BCUT2D eigenvalue weighted by atomic mass is 35.5. The molecule has 0 radical (unpaired) electrons. The highest BCUT2D eigenvalue weighted by Crippen LogP contribution is 2.16. The minimum atomic E-state index is 0.657. The summed E-state index contributed by atoms with van der Waals surface area (Å²) in [6, 6.07) is 11.2. The van der Waals surface area contributed by atoms with Gasteiger partial charge in [0.05, 0.1) is 0 Å². The highest BCUT2D eigenvalue weighted by molar-refractivity contribution is 7.81. The van der Waals surface area contributed by atoms with Gasteiger partial charge < -0.3 is 5.32 Å². The zero-order valence-electron chi connectivity index (χ0n) is 8.35. The lowest BCUT2D eigenvalue weighted by atomic mass is 10.2. The normalized spacial score (nSPS) is 9.81. The Bertz CT molecular complexity index is 499. The summed E-state index contributed by atoms with van der Waals surface area (Å²) in [5.41, 5.74) is 1.82. The zero-order chi connectivity index (χ0) is 11.4. The lowest BCUT2D eigenvalue weighted by Crippen LogP contribution is -2.10. The number of halogens is 1. The molecule has 0 amide bonds. The van der Waals surface area contributed by atoms with Gasteiger partial charge in [-0.05, 0) is 30.3 Å². The second-order valence-electron chi connectivity index (χ2n) is 3.20. The first-order valence-electron chi connectivity index (χ1n) is 4.72. The Labute approximate surface area is 104 Å². The van der Waals surface area contributed by atoms with Crippen molar-refractivity contribution in [2.75, 3.05) is 5.32 Å². The van der Waals surface area contributed by atoms with E-state index in [1.165, 1.54) is 0 Å². The Morgan fingerprint density at radius 1 is 1.19 bits per heavy atom. The molecule has 0 unspecified atom stereocenters. The Kier molecular flexibility index (Phi) is 3.49. The van der Waals surface area contributed by atoms with Gasteiger partial charge in [-0.25, -0.2) is 0 Å². The van der Waals surface area contributed by atoms with Gasteiger partial charge >= 0.3 is 0 Å². The molecule has 1 heterocycles. The monoisotopic (exact) mass is 248 g/mol. The molecule has 2 aromatic rings. The Morgan fingerprint density at radius 3 is 2.62 bits per heavy atom. The van der Waals surface area contributed by atoms with Gasteiger partial charge in [0.1, 0.15) is 4.99 Å². The number of nitrogens with zero attached hydrogens (tertiary/aromatic N) is 1. The third-order valence-electron chi connectivity index (χ3n) is 2.02. The summed E-state index contributed by atoms with van der Waals surface area (Å²) in [5.74, 6) is 0. The number of rotatable bonds is 2. The predicted molar refractivity (Wildman–Crippen MR) is 71.0 cm³/mol. The summed E-state index contributed by atoms with van der Waals surface area (Å²) in [4.78, 5) is 4.60. The van der Waals surface area contributed by atoms with E-state index in [2.05, 4.69) is 10.3 Å². The van der Waals surface area contributed by atoms with Crippen LogP contribution in [0, 0.1) is 0 Å². The van der Waals surface area contributed by atoms with Gasteiger partial charge in [0.15, 0.2) is 0 Å². The lowest BCUT2D eigenvalue weighted by molar-refractivity contribution is 1.32. The van der Waals surface area contributed by atoms with Crippen molar-refractivity contribution in [2.45, 2.75) is 0 Å². The third kappa shape index (κ3) is 2.78. The number of nitrogens with one attached hydrogen (secondary N) is 1. The second-order valence-corrected chi connectivity index (χ2v) is 4.05. The molecule has 1 N–H and O–H groups in total. The molecule has 0 fully saturated rings. The molecule has 0 bridgehead atoms. The number of aromatic nitrogens is 1. The van der Waals surface area contributed by atoms with Crippen molar-refractivity contribution >= 4 is 34.5 Å². The van der Waals surface area contributed by atoms with E-state index in [-0.39, 0.29) is 0 Å². The van der Waals surface area contributed by atoms with Crippen molar-refractivity contribution in [1.82, 2.24) is 4.98 Å². The smallest absolute Gasteiger partial charge is 0.111 e. The summed E-state index contributed by atoms with van der Waals surface area (Å²) in [7, 11) is 0. The van der Waals surface area contributed by atoms with Crippen LogP contribution < -0.4 is 5.32 Å². The van der Waals surface area contributed by atoms with Gasteiger partial charge in [0.2, 0.25) is 0 Å². The van der Waals surface area contributed by atoms with E-state index in [1.54, 1.807) is 12.4 Å². The van der Waals surface area contributed by atoms with Crippen LogP contribution in [0.5, 0.6) is 0 Å². The molecule has 0 saturated heterocycles. The molecular weight excluding hydrogens is 240 g/mol. The predicted octanol–water partition coefficient (Wildman–Crippen LogP) is 3.52. The summed E-state index contributed by atoms with van der Waals surface area (Å²) in [5, 5.41) is 3.80. The van der Waals surface area contributed by atoms with E-state index in [0.29, 0.717) is 10.0 Å². The van der Waals surface area contributed by atoms with Crippen LogP contribution in [0.25, 0.3) is 0 Å². The number of hydrogen-bond donors (Lipinski definition) is 1. The van der Waals surface area contributed by atoms with Crippen molar-refractivity contribution in [3.63, 3.8) is 0 Å². The molecule has 0 aliphatic carbocycles. The van der Waals surface area contributed by atoms with E-state index in [0.717, 1.165) is 11.3 Å². The summed E-state index contributed by atoms with van der Waals surface area (Å²) in [6.45, 7) is 0. The lowest BCUT2D eigenvalue weighted by Gasteiger charge is -2.07. The van der Waals surface area contributed by atoms with Crippen molar-refractivity contribution in [3.8, 4) is 0 Å². The van der Waals surface area contributed by atoms with Gasteiger partial charge in [-0.3, -0.25) is 4.98 Å². The number of pyridine rings is 1. The van der Waals surface area contributed by atoms with Gasteiger partial charge in [0.25, 0.3) is 0 Å². The van der Waals surface area contributed by atoms with Crippen LogP contribution in [0.3, 0.4) is 0 Å². The van der Waals surface area contributed by atoms with E-state index in [4.69, 9.17) is 23.8 Å². The minimum absolute atomic E-state index is 0.657. The van der Waals surface area contributed by atoms with Gasteiger partial charge in [0, 0.05) is 28.7 Å². The van der Waals surface area contributed by atoms with Gasteiger partial charge in [-0.15, -0.1) is 0 Å². The largest absolute Gasteiger partial charge is 0.346 e. The molecular formula is C12H9ClN2S. The van der Waals surface area contributed by atoms with Crippen LogP contribution in [0.15, 0.2) is 48.8 Å². The van der Waals surface area contributed by atoms with Crippen LogP contribution >= 0.6 is 23.8 Å². The van der Waals surface area contributed by atoms with Crippen LogP contribution in [-0.2, 0) is 0 Å². The van der Waals surface area contributed by atoms with E-state index < -0.39 is 0 Å². The van der Waals surface area contributed by atoms with Crippen LogP contribution in [0.2, 0.25) is 5.02 Å². The molecule has 1 aromatic heterocycles. The Hall–Kier alpha value is -1.45. The number of hydrogen-bond acceptors (Lipinski definition) is 2. The molecule has 2 rings (SSSR count). The third-order valence-corrected chi connectivity index (χ3v) is 2.60. The minimum Gasteiger partial charge on any atom is -0.346 e. The molecule has 80 valence electrons. The maximum atomic E-state index is 5.88. The fourth-order valence-electron chi connectivity index (χ4n) is 1.27. The summed E-state index contributed by atoms with van der Waals surface area (Å²) in [6.07, 6.45) is 3.42. The van der Waals surface area contributed by atoms with E-state index in [1.807, 2.05) is 36.4 Å². The standard InChI is InChI=1S/C12H9ClN2S/c13-10-2-1-3-11(8-10)15-12(16)9-4-6-14-7-5-9/h1-8H,(H,15,16). The quantitative estimate of drug-likeness (QED) is 0.824. The zero-order valence-corrected chi connectivity index (χ0v) is 9.92. The van der Waals surface area contributed by atoms with E-state index in [9.17, 15) is 0 Å². The van der Waals surface area contributed by atoms with Crippen molar-refractivity contribution in [3.05, 3.63) is 59.4 Å². The Balaban J connectivity index is 2.14. The molecule has 0 atom stereocenters. The summed E-state index contributed by atoms with van der Waals surface area (Å²) < 4.78 is 0. The molecule has 4 heteroatoms. The number of thiocarbonyl (C=S) groups is 1. The fraction of sp³-hybridized carbons (Fsp3) is 0. The van der Waals surface area contributed by atoms with Gasteiger partial charge in [-0.2, -0.15) is 0 Å². The van der Waals surface area contributed by atoms with Crippen molar-refractivity contribution < 1.29 is 0 Å². The molecule has 0 aliphatic rings. The molecule has 1 aromatic carbocycles. The molecule has 16 heavy (non-hydrogen) atoms. The molecule has 0 saturated carbocycles. The Morgan fingerprint density at radius 2 is 1.94 bits per heavy atom. The van der Waals surface area contributed by atoms with Crippen LogP contribution in [0.1, 0.15) is 5.56 Å². The summed E-state index contributed by atoms with van der Waals surface area (Å²) >= 11 is 11.1. The molecule has 0 spiro atoms. The van der Waals surface area contributed by atoms with Crippen LogP contribution in [0.4, 0.5) is 5.69 Å². The number of benzene rings is 1. The first-order chi connectivity index (χ1) is 7.75. The van der Waals surface area contributed by atoms with Crippen molar-refractivity contribution in [2.24, 2.45) is 0 Å². The molecule has 0 aliphatic heterocycles. The van der Waals surface area contributed by atoms with E-state index >= 15 is 0 Å². The second kappa shape index (κ2) is 5.05. The average molecular weight is 249 g/mol. The first-order valence-corrected chi connectivity index (χ1v) is 5.51. The maximum absolute atomic E-state index is 5.88. The van der Waals surface area contributed by atoms with Crippen LogP contribution in [-0.4, -0.2) is 9.97 Å². The first kappa shape index (κ1) is 11.0. The average Bonchev–Trinajstić information content (AvgIpc) is 2.30. The van der Waals surface area contributed by atoms with Crippen molar-refractivity contribution in [1.29, 1.82) is 0 Å². The topological polar surface area (TPSA) is 24.9 Å². The SMILES string of the molecule is S=C(Nc1cccc(Cl)c1)c1ccncc1. The fourth-order valence-corrected chi connectivity index (χ4v) is 1.72. The van der Waals surface area contributed by atoms with Gasteiger partial charge in [-0.1, -0.05) is 29.9 Å². The highest BCUT2D eigenvalue weighted by Gasteiger charge is 2.00. The maximum Gasteiger partial charge on any atom is 0.111 e. The number of anilines is 1. The molecule has 2 nitrogen and oxygen atoms in total.